The fraction of sp³-hybridized carbons (Fsp3) is 0.200. The van der Waals surface area contributed by atoms with Crippen LogP contribution >= 0.6 is 11.5 Å². The van der Waals surface area contributed by atoms with E-state index in [1.165, 1.54) is 6.07 Å². The molecule has 1 aliphatic rings. The molecule has 0 unspecified atom stereocenters. The van der Waals surface area contributed by atoms with Crippen LogP contribution in [0.4, 0.5) is 18.9 Å². The van der Waals surface area contributed by atoms with Gasteiger partial charge in [0.2, 0.25) is 0 Å². The van der Waals surface area contributed by atoms with Crippen LogP contribution < -0.4 is 5.32 Å². The molecule has 0 radical (unpaired) electrons. The van der Waals surface area contributed by atoms with Crippen molar-refractivity contribution in [1.82, 2.24) is 18.7 Å². The lowest BCUT2D eigenvalue weighted by Crippen LogP contribution is -2.14. The Morgan fingerprint density at radius 2 is 1.97 bits per heavy atom. The first-order valence-corrected chi connectivity index (χ1v) is 9.95. The number of amides is 1. The Hall–Kier alpha value is -3.27. The van der Waals surface area contributed by atoms with Crippen LogP contribution in [0.1, 0.15) is 39.7 Å². The van der Waals surface area contributed by atoms with Gasteiger partial charge in [-0.3, -0.25) is 9.78 Å². The van der Waals surface area contributed by atoms with Gasteiger partial charge in [-0.15, -0.1) is 0 Å². The fourth-order valence-corrected chi connectivity index (χ4v) is 4.21. The van der Waals surface area contributed by atoms with Gasteiger partial charge in [0.1, 0.15) is 16.2 Å². The molecule has 0 aliphatic heterocycles. The predicted octanol–water partition coefficient (Wildman–Crippen LogP) is 5.00. The van der Waals surface area contributed by atoms with Crippen LogP contribution in [0.3, 0.4) is 0 Å². The number of hydrogen-bond acceptors (Lipinski definition) is 5. The normalized spacial score (nSPS) is 14.2. The zero-order valence-corrected chi connectivity index (χ0v) is 16.2. The summed E-state index contributed by atoms with van der Waals surface area (Å²) in [6.07, 6.45) is 3.76. The van der Waals surface area contributed by atoms with Crippen molar-refractivity contribution in [3.05, 3.63) is 65.2 Å². The molecule has 10 heteroatoms. The molecule has 6 nitrogen and oxygen atoms in total. The van der Waals surface area contributed by atoms with Crippen LogP contribution in [0.15, 0.2) is 49.1 Å². The number of nitrogens with zero attached hydrogens (tertiary/aromatic N) is 4. The molecule has 0 saturated heterocycles. The first-order valence-electron chi connectivity index (χ1n) is 9.17. The molecule has 1 saturated carbocycles. The maximum atomic E-state index is 12.9. The number of carbonyl (C=O) groups excluding carboxylic acids is 1. The number of nitrogens with one attached hydrogen (secondary N) is 1. The molecule has 5 rings (SSSR count). The first kappa shape index (κ1) is 18.7. The maximum absolute atomic E-state index is 12.9. The minimum Gasteiger partial charge on any atom is -0.321 e. The van der Waals surface area contributed by atoms with Crippen LogP contribution in [0.25, 0.3) is 16.9 Å². The topological polar surface area (TPSA) is 72.2 Å². The lowest BCUT2D eigenvalue weighted by atomic mass is 10.0. The number of fused-ring (bicyclic) bond motifs is 1. The number of anilines is 1. The monoisotopic (exact) mass is 429 g/mol. The number of pyridine rings is 2. The summed E-state index contributed by atoms with van der Waals surface area (Å²) < 4.78 is 45.1. The van der Waals surface area contributed by atoms with Gasteiger partial charge in [0.15, 0.2) is 0 Å². The fourth-order valence-electron chi connectivity index (χ4n) is 3.33. The van der Waals surface area contributed by atoms with E-state index in [1.54, 1.807) is 6.20 Å². The van der Waals surface area contributed by atoms with Gasteiger partial charge in [-0.2, -0.15) is 17.5 Å². The zero-order valence-electron chi connectivity index (χ0n) is 15.3. The third-order valence-corrected chi connectivity index (χ3v) is 5.76. The van der Waals surface area contributed by atoms with E-state index < -0.39 is 17.8 Å². The average Bonchev–Trinajstić information content (AvgIpc) is 3.27. The van der Waals surface area contributed by atoms with Gasteiger partial charge in [-0.05, 0) is 54.6 Å². The molecule has 1 aliphatic carbocycles. The van der Waals surface area contributed by atoms with Gasteiger partial charge in [-0.1, -0.05) is 0 Å². The van der Waals surface area contributed by atoms with Crippen molar-refractivity contribution in [2.75, 3.05) is 5.32 Å². The van der Waals surface area contributed by atoms with Crippen molar-refractivity contribution in [3.63, 3.8) is 0 Å². The molecule has 1 amide bonds. The van der Waals surface area contributed by atoms with Crippen LogP contribution in [-0.2, 0) is 6.18 Å². The second-order valence-electron chi connectivity index (χ2n) is 7.04. The molecule has 152 valence electrons. The van der Waals surface area contributed by atoms with Gasteiger partial charge >= 0.3 is 6.18 Å². The van der Waals surface area contributed by atoms with Crippen LogP contribution in [-0.4, -0.2) is 24.6 Å². The van der Waals surface area contributed by atoms with Crippen molar-refractivity contribution in [3.8, 4) is 11.3 Å². The van der Waals surface area contributed by atoms with E-state index in [0.717, 1.165) is 59.1 Å². The molecule has 0 bridgehead atoms. The summed E-state index contributed by atoms with van der Waals surface area (Å²) in [4.78, 5) is 20.9. The summed E-state index contributed by atoms with van der Waals surface area (Å²) in [5.74, 6) is -0.250. The van der Waals surface area contributed by atoms with E-state index in [9.17, 15) is 18.0 Å². The Labute approximate surface area is 172 Å². The number of halogens is 3. The van der Waals surface area contributed by atoms with Crippen molar-refractivity contribution in [2.45, 2.75) is 24.9 Å². The summed E-state index contributed by atoms with van der Waals surface area (Å²) in [6.45, 7) is 0. The Bertz CT molecular complexity index is 1260. The highest BCUT2D eigenvalue weighted by atomic mass is 32.1. The highest BCUT2D eigenvalue weighted by molar-refractivity contribution is 7.08. The van der Waals surface area contributed by atoms with Crippen LogP contribution in [0.2, 0.25) is 0 Å². The number of aromatic nitrogens is 4. The highest BCUT2D eigenvalue weighted by Gasteiger charge is 2.35. The standard InChI is InChI=1S/C20H14F3N5OS/c21-20(22,23)14-10-13(3-5-24-14)26-19(29)18-16(11-1-2-11)17(27-30-18)12-4-7-28-8-6-25-15(28)9-12/h3-11H,1-2H2,(H,24,26,29). The van der Waals surface area contributed by atoms with Gasteiger partial charge < -0.3 is 9.72 Å². The van der Waals surface area contributed by atoms with Crippen molar-refractivity contribution >= 4 is 28.8 Å². The van der Waals surface area contributed by atoms with E-state index in [4.69, 9.17) is 0 Å². The second-order valence-corrected chi connectivity index (χ2v) is 7.81. The predicted molar refractivity (Wildman–Crippen MR) is 105 cm³/mol. The van der Waals surface area contributed by atoms with Gasteiger partial charge in [0.25, 0.3) is 5.91 Å². The average molecular weight is 429 g/mol. The summed E-state index contributed by atoms with van der Waals surface area (Å²) in [6, 6.07) is 5.97. The van der Waals surface area contributed by atoms with Crippen LogP contribution in [0, 0.1) is 0 Å². The van der Waals surface area contributed by atoms with E-state index in [1.807, 2.05) is 28.9 Å². The van der Waals surface area contributed by atoms with E-state index in [0.29, 0.717) is 4.88 Å². The third-order valence-electron chi connectivity index (χ3n) is 4.90. The molecule has 30 heavy (non-hydrogen) atoms. The molecule has 4 aromatic rings. The molecule has 4 aromatic heterocycles. The molecule has 4 heterocycles. The number of hydrogen-bond donors (Lipinski definition) is 1. The zero-order chi connectivity index (χ0) is 20.9. The number of carbonyl (C=O) groups is 1. The number of alkyl halides is 3. The third kappa shape index (κ3) is 3.43. The van der Waals surface area contributed by atoms with Crippen molar-refractivity contribution in [1.29, 1.82) is 0 Å². The lowest BCUT2D eigenvalue weighted by Gasteiger charge is -2.09. The Morgan fingerprint density at radius 1 is 1.13 bits per heavy atom. The van der Waals surface area contributed by atoms with Crippen LogP contribution in [0.5, 0.6) is 0 Å². The van der Waals surface area contributed by atoms with E-state index in [2.05, 4.69) is 19.7 Å². The molecular formula is C20H14F3N5OS. The minimum atomic E-state index is -4.58. The number of imidazole rings is 1. The Morgan fingerprint density at radius 3 is 2.73 bits per heavy atom. The quantitative estimate of drug-likeness (QED) is 0.496. The first-order chi connectivity index (χ1) is 14.4. The number of rotatable bonds is 4. The minimum absolute atomic E-state index is 0.0397. The van der Waals surface area contributed by atoms with E-state index in [-0.39, 0.29) is 11.6 Å². The SMILES string of the molecule is O=C(Nc1ccnc(C(F)(F)F)c1)c1snc(-c2ccn3ccnc3c2)c1C1CC1. The molecule has 0 atom stereocenters. The largest absolute Gasteiger partial charge is 0.433 e. The smallest absolute Gasteiger partial charge is 0.321 e. The Kier molecular flexibility index (Phi) is 4.31. The summed E-state index contributed by atoms with van der Waals surface area (Å²) in [5.41, 5.74) is 2.18. The molecule has 1 N–H and O–H groups in total. The van der Waals surface area contributed by atoms with E-state index >= 15 is 0 Å². The summed E-state index contributed by atoms with van der Waals surface area (Å²) in [7, 11) is 0. The van der Waals surface area contributed by atoms with Gasteiger partial charge in [0, 0.05) is 41.6 Å². The molecule has 0 spiro atoms. The molecule has 1 fully saturated rings. The molecular weight excluding hydrogens is 415 g/mol. The lowest BCUT2D eigenvalue weighted by molar-refractivity contribution is -0.141. The van der Waals surface area contributed by atoms with Gasteiger partial charge in [0.05, 0.1) is 5.69 Å². The summed E-state index contributed by atoms with van der Waals surface area (Å²) in [5, 5.41) is 2.56. The van der Waals surface area contributed by atoms with Crippen molar-refractivity contribution < 1.29 is 18.0 Å². The second kappa shape index (κ2) is 6.91. The summed E-state index contributed by atoms with van der Waals surface area (Å²) >= 11 is 1.06. The molecule has 0 aromatic carbocycles. The Balaban J connectivity index is 1.48. The maximum Gasteiger partial charge on any atom is 0.433 e. The van der Waals surface area contributed by atoms with Gasteiger partial charge in [-0.25, -0.2) is 4.98 Å². The van der Waals surface area contributed by atoms with Crippen molar-refractivity contribution in [2.24, 2.45) is 0 Å². The highest BCUT2D eigenvalue weighted by Crippen LogP contribution is 2.47.